The molecule has 2 amide bonds. The summed E-state index contributed by atoms with van der Waals surface area (Å²) in [5.41, 5.74) is 1.81. The van der Waals surface area contributed by atoms with Crippen LogP contribution >= 0.6 is 0 Å². The first-order chi connectivity index (χ1) is 14.6. The lowest BCUT2D eigenvalue weighted by atomic mass is 10.1. The van der Waals surface area contributed by atoms with E-state index >= 15 is 0 Å². The molecule has 0 fully saturated rings. The molecule has 160 valence electrons. The number of nitrogens with zero attached hydrogens (tertiary/aromatic N) is 2. The highest BCUT2D eigenvalue weighted by Gasteiger charge is 2.37. The Labute approximate surface area is 176 Å². The minimum atomic E-state index is -4.63. The molecule has 0 unspecified atom stereocenters. The lowest BCUT2D eigenvalue weighted by Gasteiger charge is -2.24. The summed E-state index contributed by atoms with van der Waals surface area (Å²) in [7, 11) is 0. The number of hydrogen-bond acceptors (Lipinski definition) is 3. The second kappa shape index (κ2) is 7.57. The van der Waals surface area contributed by atoms with Crippen molar-refractivity contribution in [2.75, 3.05) is 10.6 Å². The maximum atomic E-state index is 13.3. The van der Waals surface area contributed by atoms with Crippen molar-refractivity contribution in [1.82, 2.24) is 9.78 Å². The average Bonchev–Trinajstić information content (AvgIpc) is 3.04. The van der Waals surface area contributed by atoms with E-state index < -0.39 is 29.6 Å². The molecule has 0 radical (unpaired) electrons. The Kier molecular flexibility index (Phi) is 5.04. The number of aryl methyl sites for hydroxylation is 1. The highest BCUT2D eigenvalue weighted by Crippen LogP contribution is 2.37. The second-order valence-electron chi connectivity index (χ2n) is 7.43. The maximum absolute atomic E-state index is 13.3. The summed E-state index contributed by atoms with van der Waals surface area (Å²) >= 11 is 0. The average molecular weight is 428 g/mol. The van der Waals surface area contributed by atoms with Crippen LogP contribution in [-0.4, -0.2) is 21.6 Å². The Balaban J connectivity index is 1.70. The molecule has 0 saturated carbocycles. The minimum absolute atomic E-state index is 0.235. The van der Waals surface area contributed by atoms with Crippen LogP contribution in [0.15, 0.2) is 48.5 Å². The van der Waals surface area contributed by atoms with Crippen LogP contribution in [0.5, 0.6) is 0 Å². The molecule has 0 bridgehead atoms. The summed E-state index contributed by atoms with van der Waals surface area (Å²) in [6.07, 6.45) is -4.86. The van der Waals surface area contributed by atoms with Gasteiger partial charge in [-0.15, -0.1) is 0 Å². The quantitative estimate of drug-likeness (QED) is 0.635. The zero-order chi connectivity index (χ0) is 22.3. The van der Waals surface area contributed by atoms with Crippen molar-refractivity contribution in [2.45, 2.75) is 32.5 Å². The van der Waals surface area contributed by atoms with Crippen LogP contribution < -0.4 is 10.6 Å². The molecule has 1 aliphatic heterocycles. The molecule has 3 aromatic rings. The van der Waals surface area contributed by atoms with Crippen molar-refractivity contribution in [3.63, 3.8) is 0 Å². The van der Waals surface area contributed by atoms with E-state index in [-0.39, 0.29) is 12.1 Å². The minimum Gasteiger partial charge on any atom is -0.324 e. The second-order valence-corrected chi connectivity index (χ2v) is 7.43. The number of hydrogen-bond donors (Lipinski definition) is 2. The van der Waals surface area contributed by atoms with E-state index in [1.54, 1.807) is 6.92 Å². The lowest BCUT2D eigenvalue weighted by Crippen LogP contribution is -2.36. The molecule has 1 atom stereocenters. The standard InChI is InChI=1S/C22H19F3N4O2/c1-12-7-9-14(10-8-12)19-13(2)20-27-18(30)11-17(29(20)28-19)21(31)26-16-6-4-3-5-15(16)22(23,24)25/h3-10,17H,11H2,1-2H3,(H,26,31)(H,27,30)/t17-/m0/s1. The van der Waals surface area contributed by atoms with Crippen molar-refractivity contribution in [2.24, 2.45) is 0 Å². The molecule has 9 heteroatoms. The fourth-order valence-electron chi connectivity index (χ4n) is 3.58. The van der Waals surface area contributed by atoms with Gasteiger partial charge < -0.3 is 10.6 Å². The molecule has 1 aromatic heterocycles. The predicted octanol–water partition coefficient (Wildman–Crippen LogP) is 4.71. The number of halogens is 3. The monoisotopic (exact) mass is 428 g/mol. The van der Waals surface area contributed by atoms with Crippen molar-refractivity contribution < 1.29 is 22.8 Å². The summed E-state index contributed by atoms with van der Waals surface area (Å²) in [5.74, 6) is -0.794. The number of carbonyl (C=O) groups is 2. The lowest BCUT2D eigenvalue weighted by molar-refractivity contribution is -0.137. The maximum Gasteiger partial charge on any atom is 0.418 e. The van der Waals surface area contributed by atoms with Crippen molar-refractivity contribution >= 4 is 23.3 Å². The molecule has 31 heavy (non-hydrogen) atoms. The van der Waals surface area contributed by atoms with Crippen LogP contribution in [0.4, 0.5) is 24.7 Å². The Hall–Kier alpha value is -3.62. The third-order valence-electron chi connectivity index (χ3n) is 5.20. The summed E-state index contributed by atoms with van der Waals surface area (Å²) in [6, 6.07) is 11.2. The Bertz CT molecular complexity index is 1170. The fraction of sp³-hybridized carbons (Fsp3) is 0.227. The van der Waals surface area contributed by atoms with Gasteiger partial charge in [-0.05, 0) is 26.0 Å². The van der Waals surface area contributed by atoms with E-state index in [0.29, 0.717) is 17.1 Å². The number of alkyl halides is 3. The van der Waals surface area contributed by atoms with E-state index in [0.717, 1.165) is 17.2 Å². The number of aromatic nitrogens is 2. The van der Waals surface area contributed by atoms with E-state index in [2.05, 4.69) is 15.7 Å². The van der Waals surface area contributed by atoms with Crippen LogP contribution in [0.3, 0.4) is 0 Å². The van der Waals surface area contributed by atoms with E-state index in [9.17, 15) is 22.8 Å². The molecule has 2 heterocycles. The van der Waals surface area contributed by atoms with Gasteiger partial charge in [-0.2, -0.15) is 18.3 Å². The smallest absolute Gasteiger partial charge is 0.324 e. The van der Waals surface area contributed by atoms with Crippen LogP contribution in [0.25, 0.3) is 11.3 Å². The molecule has 0 aliphatic carbocycles. The number of rotatable bonds is 3. The number of amides is 2. The largest absolute Gasteiger partial charge is 0.418 e. The topological polar surface area (TPSA) is 76.0 Å². The fourth-order valence-corrected chi connectivity index (χ4v) is 3.58. The molecule has 1 aliphatic rings. The van der Waals surface area contributed by atoms with Gasteiger partial charge in [0.15, 0.2) is 0 Å². The Morgan fingerprint density at radius 2 is 1.81 bits per heavy atom. The van der Waals surface area contributed by atoms with Crippen LogP contribution in [-0.2, 0) is 15.8 Å². The van der Waals surface area contributed by atoms with E-state index in [1.807, 2.05) is 31.2 Å². The third kappa shape index (κ3) is 3.90. The molecule has 4 rings (SSSR count). The van der Waals surface area contributed by atoms with Crippen LogP contribution in [0.2, 0.25) is 0 Å². The number of carbonyl (C=O) groups excluding carboxylic acids is 2. The van der Waals surface area contributed by atoms with Gasteiger partial charge in [-0.1, -0.05) is 42.0 Å². The van der Waals surface area contributed by atoms with Gasteiger partial charge in [-0.25, -0.2) is 4.68 Å². The number of nitrogens with one attached hydrogen (secondary N) is 2. The summed E-state index contributed by atoms with van der Waals surface area (Å²) in [5, 5.41) is 9.56. The first-order valence-corrected chi connectivity index (χ1v) is 9.58. The SMILES string of the molecule is Cc1ccc(-c2nn3c(c2C)NC(=O)C[C@H]3C(=O)Nc2ccccc2C(F)(F)F)cc1. The number of anilines is 2. The zero-order valence-electron chi connectivity index (χ0n) is 16.7. The first kappa shape index (κ1) is 20.6. The summed E-state index contributed by atoms with van der Waals surface area (Å²) < 4.78 is 41.2. The molecule has 0 spiro atoms. The zero-order valence-corrected chi connectivity index (χ0v) is 16.7. The van der Waals surface area contributed by atoms with Gasteiger partial charge in [0.1, 0.15) is 11.9 Å². The number of fused-ring (bicyclic) bond motifs is 1. The Morgan fingerprint density at radius 1 is 1.13 bits per heavy atom. The highest BCUT2D eigenvalue weighted by molar-refractivity contribution is 6.02. The Morgan fingerprint density at radius 3 is 2.48 bits per heavy atom. The van der Waals surface area contributed by atoms with Gasteiger partial charge in [0.25, 0.3) is 0 Å². The van der Waals surface area contributed by atoms with E-state index in [4.69, 9.17) is 0 Å². The van der Waals surface area contributed by atoms with Crippen LogP contribution in [0.1, 0.15) is 29.2 Å². The van der Waals surface area contributed by atoms with Gasteiger partial charge in [-0.3, -0.25) is 9.59 Å². The molecular formula is C22H19F3N4O2. The van der Waals surface area contributed by atoms with Crippen molar-refractivity contribution in [3.8, 4) is 11.3 Å². The molecule has 2 aromatic carbocycles. The van der Waals surface area contributed by atoms with Crippen molar-refractivity contribution in [3.05, 3.63) is 65.2 Å². The molecular weight excluding hydrogens is 409 g/mol. The molecule has 6 nitrogen and oxygen atoms in total. The molecule has 0 saturated heterocycles. The van der Waals surface area contributed by atoms with E-state index in [1.165, 1.54) is 22.9 Å². The van der Waals surface area contributed by atoms with Gasteiger partial charge in [0.05, 0.1) is 23.4 Å². The van der Waals surface area contributed by atoms with Gasteiger partial charge in [0, 0.05) is 11.1 Å². The van der Waals surface area contributed by atoms with Gasteiger partial charge >= 0.3 is 6.18 Å². The third-order valence-corrected chi connectivity index (χ3v) is 5.20. The first-order valence-electron chi connectivity index (χ1n) is 9.58. The predicted molar refractivity (Wildman–Crippen MR) is 109 cm³/mol. The normalized spacial score (nSPS) is 15.9. The van der Waals surface area contributed by atoms with Gasteiger partial charge in [0.2, 0.25) is 11.8 Å². The summed E-state index contributed by atoms with van der Waals surface area (Å²) in [4.78, 5) is 25.2. The molecule has 2 N–H and O–H groups in total. The van der Waals surface area contributed by atoms with Crippen molar-refractivity contribution in [1.29, 1.82) is 0 Å². The number of benzene rings is 2. The number of para-hydroxylation sites is 1. The van der Waals surface area contributed by atoms with Crippen LogP contribution in [0, 0.1) is 13.8 Å². The summed E-state index contributed by atoms with van der Waals surface area (Å²) in [6.45, 7) is 3.72. The highest BCUT2D eigenvalue weighted by atomic mass is 19.4.